The summed E-state index contributed by atoms with van der Waals surface area (Å²) in [7, 11) is 0. The molecule has 2 rings (SSSR count). The molecule has 0 aromatic heterocycles. The lowest BCUT2D eigenvalue weighted by Crippen LogP contribution is -2.56. The zero-order valence-electron chi connectivity index (χ0n) is 7.33. The lowest BCUT2D eigenvalue weighted by Gasteiger charge is -2.42. The number of rotatable bonds is 1. The van der Waals surface area contributed by atoms with Crippen molar-refractivity contribution in [2.45, 2.75) is 37.8 Å². The topological polar surface area (TPSA) is 32.3 Å². The molecule has 2 heterocycles. The molecule has 0 saturated carbocycles. The SMILES string of the molecule is O=CN1CCCC2NCCCC21. The lowest BCUT2D eigenvalue weighted by atomic mass is 9.90. The standard InChI is InChI=1S/C9H16N2O/c12-7-11-6-2-3-8-9(11)4-1-5-10-8/h7-10H,1-6H2. The molecule has 68 valence electrons. The van der Waals surface area contributed by atoms with Crippen molar-refractivity contribution in [2.24, 2.45) is 0 Å². The quantitative estimate of drug-likeness (QED) is 0.573. The molecular formula is C9H16N2O. The third-order valence-electron chi connectivity index (χ3n) is 3.04. The van der Waals surface area contributed by atoms with Crippen LogP contribution in [0, 0.1) is 0 Å². The third-order valence-corrected chi connectivity index (χ3v) is 3.04. The molecular weight excluding hydrogens is 152 g/mol. The summed E-state index contributed by atoms with van der Waals surface area (Å²) in [4.78, 5) is 12.7. The summed E-state index contributed by atoms with van der Waals surface area (Å²) >= 11 is 0. The van der Waals surface area contributed by atoms with Gasteiger partial charge in [-0.25, -0.2) is 0 Å². The van der Waals surface area contributed by atoms with Gasteiger partial charge in [0.25, 0.3) is 0 Å². The van der Waals surface area contributed by atoms with Gasteiger partial charge in [-0.3, -0.25) is 4.79 Å². The Morgan fingerprint density at radius 3 is 3.08 bits per heavy atom. The number of nitrogens with one attached hydrogen (secondary N) is 1. The van der Waals surface area contributed by atoms with Gasteiger partial charge in [-0.1, -0.05) is 0 Å². The zero-order valence-corrected chi connectivity index (χ0v) is 7.33. The number of piperidine rings is 2. The van der Waals surface area contributed by atoms with E-state index < -0.39 is 0 Å². The molecule has 12 heavy (non-hydrogen) atoms. The maximum absolute atomic E-state index is 10.7. The fraction of sp³-hybridized carbons (Fsp3) is 0.889. The molecule has 3 nitrogen and oxygen atoms in total. The van der Waals surface area contributed by atoms with Gasteiger partial charge in [0.1, 0.15) is 0 Å². The Hall–Kier alpha value is -0.570. The zero-order chi connectivity index (χ0) is 8.39. The maximum Gasteiger partial charge on any atom is 0.210 e. The van der Waals surface area contributed by atoms with Gasteiger partial charge in [-0.05, 0) is 32.2 Å². The number of fused-ring (bicyclic) bond motifs is 1. The van der Waals surface area contributed by atoms with Crippen molar-refractivity contribution in [1.82, 2.24) is 10.2 Å². The number of nitrogens with zero attached hydrogens (tertiary/aromatic N) is 1. The molecule has 0 aromatic rings. The maximum atomic E-state index is 10.7. The van der Waals surface area contributed by atoms with Crippen molar-refractivity contribution in [3.8, 4) is 0 Å². The van der Waals surface area contributed by atoms with Gasteiger partial charge in [-0.2, -0.15) is 0 Å². The minimum atomic E-state index is 0.491. The molecule has 0 bridgehead atoms. The summed E-state index contributed by atoms with van der Waals surface area (Å²) in [6, 6.07) is 1.07. The number of carbonyl (C=O) groups is 1. The summed E-state index contributed by atoms with van der Waals surface area (Å²) < 4.78 is 0. The second-order valence-electron chi connectivity index (χ2n) is 3.76. The van der Waals surface area contributed by atoms with Crippen LogP contribution in [-0.2, 0) is 4.79 Å². The fourth-order valence-electron chi connectivity index (χ4n) is 2.42. The molecule has 0 aromatic carbocycles. The van der Waals surface area contributed by atoms with Crippen LogP contribution in [-0.4, -0.2) is 36.5 Å². The van der Waals surface area contributed by atoms with Gasteiger partial charge in [0.2, 0.25) is 6.41 Å². The molecule has 2 unspecified atom stereocenters. The highest BCUT2D eigenvalue weighted by Gasteiger charge is 2.31. The van der Waals surface area contributed by atoms with Crippen molar-refractivity contribution in [2.75, 3.05) is 13.1 Å². The number of likely N-dealkylation sites (tertiary alicyclic amines) is 1. The number of hydrogen-bond acceptors (Lipinski definition) is 2. The van der Waals surface area contributed by atoms with Crippen molar-refractivity contribution >= 4 is 6.41 Å². The van der Waals surface area contributed by atoms with Gasteiger partial charge < -0.3 is 10.2 Å². The molecule has 2 atom stereocenters. The Labute approximate surface area is 73.1 Å². The highest BCUT2D eigenvalue weighted by atomic mass is 16.1. The van der Waals surface area contributed by atoms with Crippen molar-refractivity contribution in [3.05, 3.63) is 0 Å². The van der Waals surface area contributed by atoms with E-state index in [1.165, 1.54) is 19.3 Å². The molecule has 1 N–H and O–H groups in total. The van der Waals surface area contributed by atoms with Gasteiger partial charge in [-0.15, -0.1) is 0 Å². The van der Waals surface area contributed by atoms with Crippen LogP contribution in [0.5, 0.6) is 0 Å². The minimum Gasteiger partial charge on any atom is -0.341 e. The van der Waals surface area contributed by atoms with E-state index in [1.807, 2.05) is 4.90 Å². The number of amides is 1. The molecule has 2 saturated heterocycles. The average molecular weight is 168 g/mol. The largest absolute Gasteiger partial charge is 0.341 e. The Kier molecular flexibility index (Phi) is 2.30. The second kappa shape index (κ2) is 3.44. The molecule has 1 amide bonds. The lowest BCUT2D eigenvalue weighted by molar-refractivity contribution is -0.122. The first-order chi connectivity index (χ1) is 5.92. The van der Waals surface area contributed by atoms with E-state index in [-0.39, 0.29) is 0 Å². The van der Waals surface area contributed by atoms with Gasteiger partial charge >= 0.3 is 0 Å². The Morgan fingerprint density at radius 2 is 2.25 bits per heavy atom. The predicted octanol–water partition coefficient (Wildman–Crippen LogP) is 0.359. The van der Waals surface area contributed by atoms with E-state index in [0.717, 1.165) is 25.9 Å². The summed E-state index contributed by atoms with van der Waals surface area (Å²) in [5.41, 5.74) is 0. The van der Waals surface area contributed by atoms with E-state index >= 15 is 0 Å². The van der Waals surface area contributed by atoms with Crippen molar-refractivity contribution < 1.29 is 4.79 Å². The van der Waals surface area contributed by atoms with Gasteiger partial charge in [0.05, 0.1) is 0 Å². The number of hydrogen-bond donors (Lipinski definition) is 1. The third kappa shape index (κ3) is 1.33. The Bertz CT molecular complexity index is 170. The second-order valence-corrected chi connectivity index (χ2v) is 3.76. The van der Waals surface area contributed by atoms with Crippen LogP contribution in [0.3, 0.4) is 0 Å². The van der Waals surface area contributed by atoms with Crippen LogP contribution in [0.25, 0.3) is 0 Å². The molecule has 0 aliphatic carbocycles. The van der Waals surface area contributed by atoms with E-state index in [9.17, 15) is 4.79 Å². The normalized spacial score (nSPS) is 35.8. The summed E-state index contributed by atoms with van der Waals surface area (Å²) in [5.74, 6) is 0. The first-order valence-corrected chi connectivity index (χ1v) is 4.86. The highest BCUT2D eigenvalue weighted by Crippen LogP contribution is 2.22. The molecule has 2 aliphatic rings. The van der Waals surface area contributed by atoms with Crippen LogP contribution < -0.4 is 5.32 Å². The van der Waals surface area contributed by atoms with Gasteiger partial charge in [0, 0.05) is 18.6 Å². The summed E-state index contributed by atoms with van der Waals surface area (Å²) in [6.07, 6.45) is 5.83. The smallest absolute Gasteiger partial charge is 0.210 e. The Morgan fingerprint density at radius 1 is 1.33 bits per heavy atom. The predicted molar refractivity (Wildman–Crippen MR) is 46.8 cm³/mol. The molecule has 3 heteroatoms. The number of carbonyl (C=O) groups excluding carboxylic acids is 1. The molecule has 0 spiro atoms. The van der Waals surface area contributed by atoms with E-state index in [2.05, 4.69) is 5.32 Å². The van der Waals surface area contributed by atoms with Crippen LogP contribution in [0.1, 0.15) is 25.7 Å². The molecule has 2 fully saturated rings. The Balaban J connectivity index is 2.03. The van der Waals surface area contributed by atoms with E-state index in [1.54, 1.807) is 0 Å². The first-order valence-electron chi connectivity index (χ1n) is 4.86. The first kappa shape index (κ1) is 8.05. The van der Waals surface area contributed by atoms with Crippen molar-refractivity contribution in [3.63, 3.8) is 0 Å². The fourth-order valence-corrected chi connectivity index (χ4v) is 2.42. The molecule has 0 radical (unpaired) electrons. The summed E-state index contributed by atoms with van der Waals surface area (Å²) in [5, 5.41) is 3.48. The van der Waals surface area contributed by atoms with Crippen LogP contribution >= 0.6 is 0 Å². The van der Waals surface area contributed by atoms with Crippen LogP contribution in [0.15, 0.2) is 0 Å². The van der Waals surface area contributed by atoms with E-state index in [0.29, 0.717) is 12.1 Å². The van der Waals surface area contributed by atoms with E-state index in [4.69, 9.17) is 0 Å². The van der Waals surface area contributed by atoms with Crippen LogP contribution in [0.4, 0.5) is 0 Å². The van der Waals surface area contributed by atoms with Gasteiger partial charge in [0.15, 0.2) is 0 Å². The van der Waals surface area contributed by atoms with Crippen LogP contribution in [0.2, 0.25) is 0 Å². The minimum absolute atomic E-state index is 0.491. The summed E-state index contributed by atoms with van der Waals surface area (Å²) in [6.45, 7) is 2.10. The van der Waals surface area contributed by atoms with Crippen molar-refractivity contribution in [1.29, 1.82) is 0 Å². The average Bonchev–Trinajstić information content (AvgIpc) is 2.17. The molecule has 2 aliphatic heterocycles. The monoisotopic (exact) mass is 168 g/mol. The highest BCUT2D eigenvalue weighted by molar-refractivity contribution is 5.48.